The zero-order valence-corrected chi connectivity index (χ0v) is 11.9. The van der Waals surface area contributed by atoms with Gasteiger partial charge in [0.25, 0.3) is 0 Å². The third-order valence-electron chi connectivity index (χ3n) is 3.07. The Bertz CT molecular complexity index is 717. The molecule has 3 rings (SSSR count). The average molecular weight is 248 g/mol. The molecule has 0 heteroatoms. The van der Waals surface area contributed by atoms with Crippen LogP contribution in [0.15, 0.2) is 42.5 Å². The van der Waals surface area contributed by atoms with E-state index in [9.17, 15) is 0 Å². The number of benzene rings is 3. The molecule has 0 nitrogen and oxygen atoms in total. The van der Waals surface area contributed by atoms with Crippen LogP contribution in [0.3, 0.4) is 0 Å². The fraction of sp³-hybridized carbons (Fsp3) is 0.158. The number of hydrogen-bond acceptors (Lipinski definition) is 0. The van der Waals surface area contributed by atoms with Gasteiger partial charge in [0.2, 0.25) is 0 Å². The van der Waals surface area contributed by atoms with Gasteiger partial charge in [0.15, 0.2) is 0 Å². The molecule has 0 fully saturated rings. The second-order valence-corrected chi connectivity index (χ2v) is 4.06. The van der Waals surface area contributed by atoms with Crippen LogP contribution < -0.4 is 5.22 Å². The largest absolute Gasteiger partial charge is 0.124 e. The Morgan fingerprint density at radius 2 is 1.32 bits per heavy atom. The van der Waals surface area contributed by atoms with Gasteiger partial charge in [0.1, 0.15) is 0 Å². The van der Waals surface area contributed by atoms with E-state index >= 15 is 0 Å². The highest BCUT2D eigenvalue weighted by atomic mass is 14.1. The van der Waals surface area contributed by atoms with Crippen molar-refractivity contribution in [2.45, 2.75) is 20.8 Å². The van der Waals surface area contributed by atoms with Gasteiger partial charge in [-0.3, -0.25) is 0 Å². The fourth-order valence-corrected chi connectivity index (χ4v) is 2.34. The zero-order valence-electron chi connectivity index (χ0n) is 11.9. The summed E-state index contributed by atoms with van der Waals surface area (Å²) in [4.78, 5) is 0. The van der Waals surface area contributed by atoms with Crippen LogP contribution in [0, 0.1) is 19.8 Å². The molecule has 0 aliphatic carbocycles. The number of rotatable bonds is 0. The molecule has 3 aromatic carbocycles. The second kappa shape index (κ2) is 6.61. The Hall–Kier alpha value is -2.26. The normalized spacial score (nSPS) is 9.32. The molecular formula is C19H20. The number of hydrogen-bond donors (Lipinski definition) is 0. The van der Waals surface area contributed by atoms with Gasteiger partial charge < -0.3 is 0 Å². The number of aryl methyl sites for hydroxylation is 1. The molecule has 0 bridgehead atoms. The van der Waals surface area contributed by atoms with Crippen molar-refractivity contribution in [2.24, 2.45) is 0 Å². The predicted octanol–water partition coefficient (Wildman–Crippen LogP) is 4.71. The summed E-state index contributed by atoms with van der Waals surface area (Å²) < 4.78 is 0. The Balaban J connectivity index is 0.000000415. The summed E-state index contributed by atoms with van der Waals surface area (Å²) in [7, 11) is 0. The quantitative estimate of drug-likeness (QED) is 0.506. The first kappa shape index (κ1) is 14.8. The predicted molar refractivity (Wildman–Crippen MR) is 88.2 cm³/mol. The van der Waals surface area contributed by atoms with E-state index in [0.717, 1.165) is 5.22 Å². The van der Waals surface area contributed by atoms with Crippen molar-refractivity contribution >= 4 is 28.1 Å². The molecular weight excluding hydrogens is 228 g/mol. The van der Waals surface area contributed by atoms with E-state index in [2.05, 4.69) is 68.8 Å². The Labute approximate surface area is 115 Å². The average Bonchev–Trinajstić information content (AvgIpc) is 2.49. The summed E-state index contributed by atoms with van der Waals surface area (Å²) in [5.41, 5.74) is 1.31. The van der Waals surface area contributed by atoms with Crippen LogP contribution in [0.1, 0.15) is 19.4 Å². The molecule has 0 amide bonds. The van der Waals surface area contributed by atoms with Gasteiger partial charge in [0, 0.05) is 0 Å². The third kappa shape index (κ3) is 2.61. The highest BCUT2D eigenvalue weighted by Crippen LogP contribution is 2.26. The van der Waals surface area contributed by atoms with Crippen molar-refractivity contribution in [1.82, 2.24) is 0 Å². The van der Waals surface area contributed by atoms with Crippen LogP contribution in [-0.2, 0) is 0 Å². The summed E-state index contributed by atoms with van der Waals surface area (Å²) in [6.45, 7) is 10.3. The third-order valence-corrected chi connectivity index (χ3v) is 3.07. The molecule has 0 spiro atoms. The first-order valence-corrected chi connectivity index (χ1v) is 6.50. The smallest absolute Gasteiger partial charge is 0.00304 e. The van der Waals surface area contributed by atoms with E-state index in [1.54, 1.807) is 0 Å². The van der Waals surface area contributed by atoms with Gasteiger partial charge >= 0.3 is 0 Å². The topological polar surface area (TPSA) is 0 Å². The van der Waals surface area contributed by atoms with Gasteiger partial charge in [-0.2, -0.15) is 0 Å². The molecule has 0 aliphatic heterocycles. The molecule has 0 radical (unpaired) electrons. The molecule has 0 heterocycles. The zero-order chi connectivity index (χ0) is 14.4. The van der Waals surface area contributed by atoms with Crippen LogP contribution >= 0.6 is 0 Å². The van der Waals surface area contributed by atoms with E-state index in [1.165, 1.54) is 27.1 Å². The summed E-state index contributed by atoms with van der Waals surface area (Å²) in [6, 6.07) is 15.0. The minimum atomic E-state index is 1.12. The van der Waals surface area contributed by atoms with Gasteiger partial charge in [-0.1, -0.05) is 62.9 Å². The van der Waals surface area contributed by atoms with Gasteiger partial charge in [-0.15, -0.1) is 12.8 Å². The Morgan fingerprint density at radius 3 is 1.89 bits per heavy atom. The van der Waals surface area contributed by atoms with Gasteiger partial charge in [-0.05, 0) is 39.3 Å². The molecule has 19 heavy (non-hydrogen) atoms. The lowest BCUT2D eigenvalue weighted by atomic mass is 9.96. The minimum Gasteiger partial charge on any atom is -0.124 e. The number of terminal acetylenes is 1. The SMILES string of the molecule is C#C.C=c1ccc2cccc3ccc(C)c1c32.CC. The van der Waals surface area contributed by atoms with Crippen molar-refractivity contribution in [3.63, 3.8) is 0 Å². The first-order chi connectivity index (χ1) is 9.27. The molecule has 0 saturated carbocycles. The van der Waals surface area contributed by atoms with Crippen LogP contribution in [-0.4, -0.2) is 0 Å². The van der Waals surface area contributed by atoms with E-state index < -0.39 is 0 Å². The summed E-state index contributed by atoms with van der Waals surface area (Å²) >= 11 is 0. The summed E-state index contributed by atoms with van der Waals surface area (Å²) in [6.07, 6.45) is 8.00. The van der Waals surface area contributed by atoms with Crippen molar-refractivity contribution in [3.05, 3.63) is 53.2 Å². The maximum Gasteiger partial charge on any atom is -0.00304 e. The lowest BCUT2D eigenvalue weighted by Crippen LogP contribution is -2.00. The maximum absolute atomic E-state index is 4.11. The van der Waals surface area contributed by atoms with Crippen LogP contribution in [0.25, 0.3) is 28.1 Å². The molecule has 0 saturated heterocycles. The van der Waals surface area contributed by atoms with Crippen molar-refractivity contribution in [3.8, 4) is 12.8 Å². The second-order valence-electron chi connectivity index (χ2n) is 4.06. The van der Waals surface area contributed by atoms with E-state index in [-0.39, 0.29) is 0 Å². The highest BCUT2D eigenvalue weighted by Gasteiger charge is 2.03. The van der Waals surface area contributed by atoms with Crippen molar-refractivity contribution in [2.75, 3.05) is 0 Å². The lowest BCUT2D eigenvalue weighted by Gasteiger charge is -2.08. The first-order valence-electron chi connectivity index (χ1n) is 6.50. The standard InChI is InChI=1S/C15H12.C2H6.C2H2/c1-10-6-8-12-4-3-5-13-9-7-11(2)14(10)15(12)13;2*1-2/h3-9H,1H2,2H3;1-2H3;1-2H. The van der Waals surface area contributed by atoms with E-state index in [0.29, 0.717) is 0 Å². The lowest BCUT2D eigenvalue weighted by molar-refractivity contribution is 1.50. The van der Waals surface area contributed by atoms with Crippen molar-refractivity contribution in [1.29, 1.82) is 0 Å². The van der Waals surface area contributed by atoms with E-state index in [1.807, 2.05) is 13.8 Å². The highest BCUT2D eigenvalue weighted by molar-refractivity contribution is 6.11. The Kier molecular flexibility index (Phi) is 5.15. The molecule has 0 N–H and O–H groups in total. The Morgan fingerprint density at radius 1 is 0.789 bits per heavy atom. The van der Waals surface area contributed by atoms with Gasteiger partial charge in [-0.25, -0.2) is 0 Å². The molecule has 96 valence electrons. The van der Waals surface area contributed by atoms with Crippen LogP contribution in [0.2, 0.25) is 0 Å². The van der Waals surface area contributed by atoms with Crippen LogP contribution in [0.5, 0.6) is 0 Å². The van der Waals surface area contributed by atoms with Crippen LogP contribution in [0.4, 0.5) is 0 Å². The molecule has 3 aromatic rings. The molecule has 0 aliphatic rings. The summed E-state index contributed by atoms with van der Waals surface area (Å²) in [5, 5.41) is 6.39. The monoisotopic (exact) mass is 248 g/mol. The molecule has 0 aromatic heterocycles. The fourth-order valence-electron chi connectivity index (χ4n) is 2.34. The maximum atomic E-state index is 4.11. The minimum absolute atomic E-state index is 1.12. The van der Waals surface area contributed by atoms with Gasteiger partial charge in [0.05, 0.1) is 0 Å². The van der Waals surface area contributed by atoms with E-state index in [4.69, 9.17) is 0 Å². The van der Waals surface area contributed by atoms with Crippen molar-refractivity contribution < 1.29 is 0 Å². The molecule has 0 unspecified atom stereocenters. The summed E-state index contributed by atoms with van der Waals surface area (Å²) in [5.74, 6) is 0. The molecule has 0 atom stereocenters.